The molecule has 3 aromatic rings. The van der Waals surface area contributed by atoms with E-state index in [1.165, 1.54) is 6.20 Å². The zero-order chi connectivity index (χ0) is 24.9. The quantitative estimate of drug-likeness (QED) is 0.376. The molecule has 1 fully saturated rings. The zero-order valence-electron chi connectivity index (χ0n) is 20.1. The van der Waals surface area contributed by atoms with E-state index in [4.69, 9.17) is 10.7 Å². The number of anilines is 2. The van der Waals surface area contributed by atoms with Gasteiger partial charge in [0, 0.05) is 37.7 Å². The molecule has 1 unspecified atom stereocenters. The first kappa shape index (κ1) is 24.3. The number of hydrogen-bond acceptors (Lipinski definition) is 7. The lowest BCUT2D eigenvalue weighted by atomic mass is 10.1. The minimum absolute atomic E-state index is 0.0550. The summed E-state index contributed by atoms with van der Waals surface area (Å²) in [5.74, 6) is 0.163. The maximum Gasteiger partial charge on any atom is 0.293 e. The van der Waals surface area contributed by atoms with Crippen molar-refractivity contribution in [1.29, 1.82) is 0 Å². The van der Waals surface area contributed by atoms with Crippen LogP contribution in [-0.2, 0) is 17.9 Å². The van der Waals surface area contributed by atoms with Crippen LogP contribution in [0.4, 0.5) is 11.6 Å². The number of aromatic nitrogens is 4. The molecule has 1 saturated heterocycles. The molecule has 1 atom stereocenters. The number of Topliss-reactive ketones (excluding diaryl/α,β-unsaturated/α-hetero) is 1. The maximum absolute atomic E-state index is 13.5. The molecular weight excluding hydrogens is 446 g/mol. The van der Waals surface area contributed by atoms with Crippen molar-refractivity contribution in [2.24, 2.45) is 5.73 Å². The van der Waals surface area contributed by atoms with Crippen molar-refractivity contribution in [2.75, 3.05) is 23.3 Å². The van der Waals surface area contributed by atoms with Crippen LogP contribution in [0.5, 0.6) is 0 Å². The number of allylic oxidation sites excluding steroid dienone is 2. The van der Waals surface area contributed by atoms with Gasteiger partial charge in [-0.05, 0) is 31.9 Å². The topological polar surface area (TPSA) is 128 Å². The van der Waals surface area contributed by atoms with Crippen molar-refractivity contribution in [3.8, 4) is 0 Å². The van der Waals surface area contributed by atoms with E-state index >= 15 is 0 Å². The predicted octanol–water partition coefficient (Wildman–Crippen LogP) is 2.33. The third-order valence-electron chi connectivity index (χ3n) is 6.11. The van der Waals surface area contributed by atoms with Gasteiger partial charge in [0.1, 0.15) is 17.6 Å². The van der Waals surface area contributed by atoms with Crippen molar-refractivity contribution < 1.29 is 9.59 Å². The Morgan fingerprint density at radius 1 is 1.29 bits per heavy atom. The van der Waals surface area contributed by atoms with Crippen LogP contribution in [0, 0.1) is 0 Å². The van der Waals surface area contributed by atoms with Crippen LogP contribution in [0.25, 0.3) is 11.0 Å². The molecule has 0 aliphatic carbocycles. The number of carbonyl (C=O) groups excluding carboxylic acids is 2. The molecule has 4 rings (SSSR count). The van der Waals surface area contributed by atoms with Crippen LogP contribution in [0.15, 0.2) is 47.4 Å². The second-order valence-corrected chi connectivity index (χ2v) is 8.65. The third-order valence-corrected chi connectivity index (χ3v) is 6.11. The molecule has 0 saturated carbocycles. The summed E-state index contributed by atoms with van der Waals surface area (Å²) in [6.07, 6.45) is 7.61. The summed E-state index contributed by atoms with van der Waals surface area (Å²) < 4.78 is 3.02. The first-order chi connectivity index (χ1) is 16.9. The van der Waals surface area contributed by atoms with E-state index in [9.17, 15) is 14.4 Å². The molecule has 1 aliphatic heterocycles. The van der Waals surface area contributed by atoms with E-state index in [1.807, 2.05) is 23.6 Å². The number of nitrogens with two attached hydrogens (primary N) is 1. The predicted molar refractivity (Wildman–Crippen MR) is 136 cm³/mol. The highest BCUT2D eigenvalue weighted by molar-refractivity contribution is 6.04. The third kappa shape index (κ3) is 5.17. The number of rotatable bonds is 8. The fourth-order valence-electron chi connectivity index (χ4n) is 4.30. The van der Waals surface area contributed by atoms with Gasteiger partial charge in [-0.15, -0.1) is 0 Å². The Labute approximate surface area is 203 Å². The molecule has 10 nitrogen and oxygen atoms in total. The zero-order valence-corrected chi connectivity index (χ0v) is 20.1. The summed E-state index contributed by atoms with van der Waals surface area (Å²) in [5.41, 5.74) is 7.41. The van der Waals surface area contributed by atoms with Gasteiger partial charge in [-0.3, -0.25) is 14.4 Å². The van der Waals surface area contributed by atoms with Crippen LogP contribution in [0.2, 0.25) is 0 Å². The van der Waals surface area contributed by atoms with E-state index < -0.39 is 5.56 Å². The van der Waals surface area contributed by atoms with Gasteiger partial charge in [0.15, 0.2) is 5.78 Å². The number of amides is 1. The van der Waals surface area contributed by atoms with Crippen LogP contribution in [0.1, 0.15) is 43.5 Å². The van der Waals surface area contributed by atoms with E-state index in [-0.39, 0.29) is 24.3 Å². The number of hydrogen-bond donors (Lipinski definition) is 2. The second kappa shape index (κ2) is 10.6. The number of fused-ring (bicyclic) bond motifs is 1. The Morgan fingerprint density at radius 3 is 2.83 bits per heavy atom. The summed E-state index contributed by atoms with van der Waals surface area (Å²) in [6, 6.07) is 6.81. The van der Waals surface area contributed by atoms with E-state index in [0.717, 1.165) is 24.1 Å². The van der Waals surface area contributed by atoms with Crippen LogP contribution in [0.3, 0.4) is 0 Å². The van der Waals surface area contributed by atoms with Gasteiger partial charge < -0.3 is 20.5 Å². The number of ketones is 1. The number of piperidine rings is 1. The average molecular weight is 478 g/mol. The number of benzene rings is 1. The van der Waals surface area contributed by atoms with Crippen molar-refractivity contribution in [3.05, 3.63) is 58.5 Å². The van der Waals surface area contributed by atoms with Crippen molar-refractivity contribution in [2.45, 2.75) is 52.2 Å². The van der Waals surface area contributed by atoms with Gasteiger partial charge in [0.25, 0.3) is 5.56 Å². The normalized spacial score (nSPS) is 16.2. The Bertz CT molecular complexity index is 1320. The SMILES string of the molecule is C/C=C/Cn1c(N2CCCC(N)C2)nc2cnn(CC(=O)c3ccccc3NC(=O)CC)c(=O)c21. The molecule has 184 valence electrons. The Hall–Kier alpha value is -3.79. The fraction of sp³-hybridized carbons (Fsp3) is 0.400. The van der Waals surface area contributed by atoms with Gasteiger partial charge in [-0.2, -0.15) is 5.10 Å². The van der Waals surface area contributed by atoms with Gasteiger partial charge in [-0.1, -0.05) is 31.2 Å². The summed E-state index contributed by atoms with van der Waals surface area (Å²) in [5, 5.41) is 6.97. The van der Waals surface area contributed by atoms with Crippen LogP contribution in [-0.4, -0.2) is 50.2 Å². The Morgan fingerprint density at radius 2 is 2.09 bits per heavy atom. The Kier molecular flexibility index (Phi) is 7.40. The van der Waals surface area contributed by atoms with E-state index in [2.05, 4.69) is 15.3 Å². The molecule has 3 N–H and O–H groups in total. The van der Waals surface area contributed by atoms with Crippen molar-refractivity contribution in [1.82, 2.24) is 19.3 Å². The van der Waals surface area contributed by atoms with Crippen LogP contribution < -0.4 is 21.5 Å². The first-order valence-electron chi connectivity index (χ1n) is 11.9. The average Bonchev–Trinajstić information content (AvgIpc) is 3.24. The molecular formula is C25H31N7O3. The molecule has 0 bridgehead atoms. The first-order valence-corrected chi connectivity index (χ1v) is 11.9. The van der Waals surface area contributed by atoms with E-state index in [1.54, 1.807) is 31.2 Å². The number of carbonyl (C=O) groups is 2. The van der Waals surface area contributed by atoms with Gasteiger partial charge >= 0.3 is 0 Å². The molecule has 0 spiro atoms. The minimum atomic E-state index is -0.393. The fourth-order valence-corrected chi connectivity index (χ4v) is 4.30. The lowest BCUT2D eigenvalue weighted by Crippen LogP contribution is -2.44. The molecule has 1 amide bonds. The summed E-state index contributed by atoms with van der Waals surface area (Å²) in [6.45, 7) is 5.34. The van der Waals surface area contributed by atoms with Gasteiger partial charge in [-0.25, -0.2) is 9.67 Å². The molecule has 0 radical (unpaired) electrons. The molecule has 1 aromatic carbocycles. The highest BCUT2D eigenvalue weighted by atomic mass is 16.2. The number of imidazole rings is 1. The standard InChI is InChI=1S/C25H31N7O3/c1-3-5-13-31-23-20(29-25(31)30-12-8-9-17(26)15-30)14-27-32(24(23)35)16-21(33)18-10-6-7-11-19(18)28-22(34)4-2/h3,5-7,10-11,14,17H,4,8-9,12-13,15-16,26H2,1-2H3,(H,28,34)/b5-3+. The summed E-state index contributed by atoms with van der Waals surface area (Å²) in [4.78, 5) is 45.3. The highest BCUT2D eigenvalue weighted by Crippen LogP contribution is 2.23. The summed E-state index contributed by atoms with van der Waals surface area (Å²) >= 11 is 0. The highest BCUT2D eigenvalue weighted by Gasteiger charge is 2.24. The number of para-hydroxylation sites is 1. The number of nitrogens with one attached hydrogen (secondary N) is 1. The van der Waals surface area contributed by atoms with E-state index in [0.29, 0.717) is 47.7 Å². The van der Waals surface area contributed by atoms with Gasteiger partial charge in [0.05, 0.1) is 11.9 Å². The van der Waals surface area contributed by atoms with Crippen LogP contribution >= 0.6 is 0 Å². The summed E-state index contributed by atoms with van der Waals surface area (Å²) in [7, 11) is 0. The molecule has 35 heavy (non-hydrogen) atoms. The molecule has 2 aromatic heterocycles. The molecule has 1 aliphatic rings. The minimum Gasteiger partial charge on any atom is -0.341 e. The molecule has 10 heteroatoms. The smallest absolute Gasteiger partial charge is 0.293 e. The van der Waals surface area contributed by atoms with Crippen molar-refractivity contribution >= 4 is 34.4 Å². The Balaban J connectivity index is 1.71. The maximum atomic E-state index is 13.5. The number of nitrogens with zero attached hydrogens (tertiary/aromatic N) is 5. The van der Waals surface area contributed by atoms with Gasteiger partial charge in [0.2, 0.25) is 11.9 Å². The lowest BCUT2D eigenvalue weighted by Gasteiger charge is -2.31. The molecule has 3 heterocycles. The lowest BCUT2D eigenvalue weighted by molar-refractivity contribution is -0.115. The monoisotopic (exact) mass is 477 g/mol. The largest absolute Gasteiger partial charge is 0.341 e. The van der Waals surface area contributed by atoms with Crippen molar-refractivity contribution in [3.63, 3.8) is 0 Å². The second-order valence-electron chi connectivity index (χ2n) is 8.65.